The number of aryl methyl sites for hydroxylation is 1. The largest absolute Gasteiger partial charge is 0.496 e. The van der Waals surface area contributed by atoms with Crippen LogP contribution in [0.15, 0.2) is 42.6 Å². The smallest absolute Gasteiger partial charge is 0.258 e. The van der Waals surface area contributed by atoms with Crippen molar-refractivity contribution in [1.82, 2.24) is 14.5 Å². The number of imidazole rings is 1. The molecule has 8 nitrogen and oxygen atoms in total. The Labute approximate surface area is 221 Å². The van der Waals surface area contributed by atoms with E-state index in [1.54, 1.807) is 12.3 Å². The minimum atomic E-state index is -1.08. The Morgan fingerprint density at radius 3 is 2.63 bits per heavy atom. The third kappa shape index (κ3) is 4.62. The zero-order valence-corrected chi connectivity index (χ0v) is 22.1. The lowest BCUT2D eigenvalue weighted by molar-refractivity contribution is 0.102. The van der Waals surface area contributed by atoms with Crippen LogP contribution in [0.2, 0.25) is 0 Å². The van der Waals surface area contributed by atoms with Crippen molar-refractivity contribution in [2.75, 3.05) is 36.7 Å². The lowest BCUT2D eigenvalue weighted by Crippen LogP contribution is -2.22. The molecule has 1 N–H and O–H groups in total. The molecular weight excluding hydrogens is 512 g/mol. The van der Waals surface area contributed by atoms with E-state index in [1.807, 2.05) is 17.7 Å². The quantitative estimate of drug-likeness (QED) is 0.368. The van der Waals surface area contributed by atoms with Gasteiger partial charge in [0.15, 0.2) is 5.82 Å². The Balaban J connectivity index is 1.57. The van der Waals surface area contributed by atoms with Crippen LogP contribution in [-0.4, -0.2) is 51.1 Å². The van der Waals surface area contributed by atoms with Gasteiger partial charge in [0.1, 0.15) is 28.6 Å². The van der Waals surface area contributed by atoms with Gasteiger partial charge < -0.3 is 19.5 Å². The van der Waals surface area contributed by atoms with Crippen LogP contribution in [0, 0.1) is 11.6 Å². The minimum Gasteiger partial charge on any atom is -0.496 e. The summed E-state index contributed by atoms with van der Waals surface area (Å²) < 4.78 is 49.3. The number of nitrogens with zero attached hydrogens (tertiary/aromatic N) is 4. The molecule has 2 aromatic heterocycles. The lowest BCUT2D eigenvalue weighted by atomic mass is 10.1. The van der Waals surface area contributed by atoms with Gasteiger partial charge >= 0.3 is 0 Å². The second-order valence-electron chi connectivity index (χ2n) is 9.12. The van der Waals surface area contributed by atoms with Crippen molar-refractivity contribution in [3.8, 4) is 17.0 Å². The fourth-order valence-electron chi connectivity index (χ4n) is 4.85. The van der Waals surface area contributed by atoms with Crippen LogP contribution >= 0.6 is 0 Å². The Morgan fingerprint density at radius 1 is 1.16 bits per heavy atom. The first-order chi connectivity index (χ1) is 18.3. The van der Waals surface area contributed by atoms with Gasteiger partial charge in [-0.1, -0.05) is 6.07 Å². The molecule has 2 aromatic carbocycles. The van der Waals surface area contributed by atoms with Crippen molar-refractivity contribution in [2.45, 2.75) is 18.6 Å². The number of anilines is 2. The molecule has 198 valence electrons. The lowest BCUT2D eigenvalue weighted by Gasteiger charge is -2.22. The molecule has 4 aromatic rings. The van der Waals surface area contributed by atoms with Crippen LogP contribution in [0.3, 0.4) is 0 Å². The molecule has 11 heteroatoms. The first-order valence-corrected chi connectivity index (χ1v) is 13.8. The number of benzene rings is 2. The number of aromatic nitrogens is 3. The van der Waals surface area contributed by atoms with Crippen LogP contribution < -0.4 is 15.0 Å². The Bertz CT molecular complexity index is 1570. The zero-order chi connectivity index (χ0) is 27.0. The fraction of sp³-hybridized carbons (Fsp3) is 0.296. The summed E-state index contributed by atoms with van der Waals surface area (Å²) in [7, 11) is 2.14. The summed E-state index contributed by atoms with van der Waals surface area (Å²) in [5.74, 6) is -1.29. The molecular formula is C27H27F2N5O3S. The third-order valence-corrected chi connectivity index (χ3v) is 7.35. The molecule has 38 heavy (non-hydrogen) atoms. The number of ether oxygens (including phenoxy) is 1. The van der Waals surface area contributed by atoms with Gasteiger partial charge in [-0.2, -0.15) is 0 Å². The predicted octanol–water partition coefficient (Wildman–Crippen LogP) is 4.65. The predicted molar refractivity (Wildman–Crippen MR) is 144 cm³/mol. The number of hydrogen-bond donors (Lipinski definition) is 1. The highest BCUT2D eigenvalue weighted by atomic mass is 32.2. The number of methoxy groups -OCH3 is 1. The Hall–Kier alpha value is -3.86. The number of rotatable bonds is 7. The van der Waals surface area contributed by atoms with E-state index in [0.717, 1.165) is 37.1 Å². The standard InChI is InChI=1S/C27H27F2N5O3S/c1-33-19-10-9-18(26(34-13-4-5-14-34)24(19)32-21(33)15-38(3)36)31-27(35)16-11-12-30-25(23(16)29)22-17(28)7-6-8-20(22)37-2/h6-12H,4-5,13-15H2,1-3H3,(H,31,35). The topological polar surface area (TPSA) is 89.4 Å². The number of fused-ring (bicyclic) bond motifs is 1. The normalized spacial score (nSPS) is 14.2. The third-order valence-electron chi connectivity index (χ3n) is 6.69. The van der Waals surface area contributed by atoms with Crippen LogP contribution in [0.5, 0.6) is 5.75 Å². The van der Waals surface area contributed by atoms with Gasteiger partial charge in [-0.3, -0.25) is 14.0 Å². The monoisotopic (exact) mass is 539 g/mol. The van der Waals surface area contributed by atoms with Crippen LogP contribution in [0.4, 0.5) is 20.2 Å². The molecule has 0 radical (unpaired) electrons. The first-order valence-electron chi connectivity index (χ1n) is 12.1. The number of halogens is 2. The van der Waals surface area contributed by atoms with E-state index in [1.165, 1.54) is 37.6 Å². The van der Waals surface area contributed by atoms with Crippen molar-refractivity contribution in [3.05, 3.63) is 65.6 Å². The van der Waals surface area contributed by atoms with Crippen molar-refractivity contribution in [2.24, 2.45) is 7.05 Å². The molecule has 1 aliphatic heterocycles. The van der Waals surface area contributed by atoms with Crippen molar-refractivity contribution in [1.29, 1.82) is 0 Å². The van der Waals surface area contributed by atoms with Gasteiger partial charge in [0.25, 0.3) is 5.91 Å². The molecule has 1 saturated heterocycles. The first kappa shape index (κ1) is 25.8. The van der Waals surface area contributed by atoms with E-state index >= 15 is 4.39 Å². The van der Waals surface area contributed by atoms with Gasteiger partial charge in [0, 0.05) is 43.4 Å². The minimum absolute atomic E-state index is 0.106. The van der Waals surface area contributed by atoms with Crippen LogP contribution in [0.25, 0.3) is 22.3 Å². The summed E-state index contributed by atoms with van der Waals surface area (Å²) in [6.07, 6.45) is 4.88. The maximum Gasteiger partial charge on any atom is 0.258 e. The second kappa shape index (κ2) is 10.5. The number of carbonyl (C=O) groups is 1. The molecule has 1 atom stereocenters. The Morgan fingerprint density at radius 2 is 1.92 bits per heavy atom. The van der Waals surface area contributed by atoms with Gasteiger partial charge in [-0.15, -0.1) is 0 Å². The molecule has 1 amide bonds. The summed E-state index contributed by atoms with van der Waals surface area (Å²) in [4.78, 5) is 24.3. The number of carbonyl (C=O) groups excluding carboxylic acids is 1. The van der Waals surface area contributed by atoms with Gasteiger partial charge in [0.05, 0.1) is 40.9 Å². The molecule has 1 fully saturated rings. The van der Waals surface area contributed by atoms with Crippen molar-refractivity contribution < 1.29 is 22.5 Å². The van der Waals surface area contributed by atoms with Gasteiger partial charge in [-0.25, -0.2) is 13.8 Å². The van der Waals surface area contributed by atoms with Crippen LogP contribution in [-0.2, 0) is 23.6 Å². The molecule has 0 bridgehead atoms. The maximum absolute atomic E-state index is 15.6. The van der Waals surface area contributed by atoms with Gasteiger partial charge in [-0.05, 0) is 43.2 Å². The van der Waals surface area contributed by atoms with E-state index in [9.17, 15) is 13.4 Å². The van der Waals surface area contributed by atoms with E-state index in [2.05, 4.69) is 15.2 Å². The Kier molecular flexibility index (Phi) is 7.11. The SMILES string of the molecule is COc1cccc(F)c1-c1nccc(C(=O)Nc2ccc3c(nc(CS(C)=O)n3C)c2N2CCCC2)c1F. The van der Waals surface area contributed by atoms with Crippen molar-refractivity contribution in [3.63, 3.8) is 0 Å². The number of nitrogens with one attached hydrogen (secondary N) is 1. The summed E-state index contributed by atoms with van der Waals surface area (Å²) in [5, 5.41) is 2.85. The highest BCUT2D eigenvalue weighted by molar-refractivity contribution is 7.83. The van der Waals surface area contributed by atoms with Crippen LogP contribution in [0.1, 0.15) is 29.0 Å². The average Bonchev–Trinajstić information content (AvgIpc) is 3.52. The average molecular weight is 540 g/mol. The molecule has 1 aliphatic rings. The highest BCUT2D eigenvalue weighted by Gasteiger charge is 2.26. The second-order valence-corrected chi connectivity index (χ2v) is 10.6. The number of hydrogen-bond acceptors (Lipinski definition) is 6. The van der Waals surface area contributed by atoms with E-state index in [0.29, 0.717) is 22.8 Å². The summed E-state index contributed by atoms with van der Waals surface area (Å²) in [6, 6.07) is 8.98. The highest BCUT2D eigenvalue weighted by Crippen LogP contribution is 2.38. The molecule has 0 aliphatic carbocycles. The summed E-state index contributed by atoms with van der Waals surface area (Å²) in [5.41, 5.74) is 1.99. The van der Waals surface area contributed by atoms with Gasteiger partial charge in [0.2, 0.25) is 0 Å². The molecule has 5 rings (SSSR count). The van der Waals surface area contributed by atoms with Crippen molar-refractivity contribution >= 4 is 39.1 Å². The maximum atomic E-state index is 15.6. The zero-order valence-electron chi connectivity index (χ0n) is 21.3. The number of amides is 1. The molecule has 0 saturated carbocycles. The molecule has 3 heterocycles. The number of pyridine rings is 1. The summed E-state index contributed by atoms with van der Waals surface area (Å²) in [6.45, 7) is 1.57. The molecule has 0 spiro atoms. The van der Waals surface area contributed by atoms with E-state index in [-0.39, 0.29) is 22.6 Å². The summed E-state index contributed by atoms with van der Waals surface area (Å²) >= 11 is 0. The van der Waals surface area contributed by atoms with E-state index in [4.69, 9.17) is 9.72 Å². The van der Waals surface area contributed by atoms with E-state index < -0.39 is 28.3 Å². The fourth-order valence-corrected chi connectivity index (χ4v) is 5.47. The molecule has 1 unspecified atom stereocenters.